The molecule has 2 heteroatoms. The van der Waals surface area contributed by atoms with E-state index in [2.05, 4.69) is 205 Å². The molecule has 1 aromatic heterocycles. The molecule has 10 aromatic rings. The quantitative estimate of drug-likeness (QED) is 0.166. The van der Waals surface area contributed by atoms with E-state index >= 15 is 0 Å². The zero-order valence-corrected chi connectivity index (χ0v) is 29.6. The molecule has 10 rings (SSSR count). The second-order valence-corrected chi connectivity index (χ2v) is 13.7. The van der Waals surface area contributed by atoms with Gasteiger partial charge in [0.2, 0.25) is 0 Å². The number of para-hydroxylation sites is 2. The molecule has 0 spiro atoms. The Morgan fingerprint density at radius 3 is 1.65 bits per heavy atom. The second kappa shape index (κ2) is 13.4. The van der Waals surface area contributed by atoms with Gasteiger partial charge in [-0.3, -0.25) is 0 Å². The van der Waals surface area contributed by atoms with Crippen molar-refractivity contribution >= 4 is 49.8 Å². The van der Waals surface area contributed by atoms with Gasteiger partial charge < -0.3 is 9.32 Å². The summed E-state index contributed by atoms with van der Waals surface area (Å²) < 4.78 is 6.25. The van der Waals surface area contributed by atoms with E-state index in [0.29, 0.717) is 0 Å². The molecule has 0 aliphatic heterocycles. The van der Waals surface area contributed by atoms with Crippen LogP contribution in [0.15, 0.2) is 217 Å². The average Bonchev–Trinajstić information content (AvgIpc) is 3.63. The zero-order chi connectivity index (χ0) is 35.8. The largest absolute Gasteiger partial charge is 0.456 e. The van der Waals surface area contributed by atoms with Crippen LogP contribution in [-0.2, 0) is 0 Å². The van der Waals surface area contributed by atoms with Crippen LogP contribution in [0.2, 0.25) is 0 Å². The number of hydrogen-bond acceptors (Lipinski definition) is 2. The maximum Gasteiger partial charge on any atom is 0.136 e. The third kappa shape index (κ3) is 5.62. The SMILES string of the molecule is c1ccc(-c2ccccc2-c2ccccc2-c2ccccc2N(c2ccc(-c3ccc4c(c3)oc3ccccc34)cc2)c2ccc3ccccc3c2)cc1. The summed E-state index contributed by atoms with van der Waals surface area (Å²) in [6.45, 7) is 0. The monoisotopic (exact) mass is 689 g/mol. The van der Waals surface area contributed by atoms with Gasteiger partial charge in [-0.15, -0.1) is 0 Å². The smallest absolute Gasteiger partial charge is 0.136 e. The van der Waals surface area contributed by atoms with Crippen molar-refractivity contribution in [3.63, 3.8) is 0 Å². The highest BCUT2D eigenvalue weighted by Gasteiger charge is 2.20. The summed E-state index contributed by atoms with van der Waals surface area (Å²) in [6.07, 6.45) is 0. The van der Waals surface area contributed by atoms with Crippen LogP contribution < -0.4 is 4.90 Å². The Kier molecular flexibility index (Phi) is 7.85. The fourth-order valence-electron chi connectivity index (χ4n) is 7.89. The van der Waals surface area contributed by atoms with Crippen molar-refractivity contribution in [2.75, 3.05) is 4.90 Å². The van der Waals surface area contributed by atoms with E-state index in [0.717, 1.165) is 55.7 Å². The highest BCUT2D eigenvalue weighted by atomic mass is 16.3. The van der Waals surface area contributed by atoms with E-state index in [4.69, 9.17) is 4.42 Å². The molecule has 0 radical (unpaired) electrons. The summed E-state index contributed by atoms with van der Waals surface area (Å²) in [6, 6.07) is 76.0. The first-order chi connectivity index (χ1) is 26.8. The Hall–Kier alpha value is -7.16. The minimum Gasteiger partial charge on any atom is -0.456 e. The maximum atomic E-state index is 6.25. The van der Waals surface area contributed by atoms with Crippen LogP contribution >= 0.6 is 0 Å². The summed E-state index contributed by atoms with van der Waals surface area (Å²) in [4.78, 5) is 2.40. The third-order valence-electron chi connectivity index (χ3n) is 10.5. The molecule has 0 saturated heterocycles. The minimum atomic E-state index is 0.900. The Morgan fingerprint density at radius 2 is 0.852 bits per heavy atom. The molecule has 0 aliphatic carbocycles. The summed E-state index contributed by atoms with van der Waals surface area (Å²) in [5.41, 5.74) is 14.5. The summed E-state index contributed by atoms with van der Waals surface area (Å²) in [5, 5.41) is 4.69. The molecule has 0 bridgehead atoms. The van der Waals surface area contributed by atoms with Crippen molar-refractivity contribution in [3.05, 3.63) is 212 Å². The fourth-order valence-corrected chi connectivity index (χ4v) is 7.89. The van der Waals surface area contributed by atoms with Gasteiger partial charge in [0.25, 0.3) is 0 Å². The second-order valence-electron chi connectivity index (χ2n) is 13.7. The van der Waals surface area contributed by atoms with E-state index in [1.54, 1.807) is 0 Å². The number of furan rings is 1. The van der Waals surface area contributed by atoms with Gasteiger partial charge in [-0.1, -0.05) is 164 Å². The fraction of sp³-hybridized carbons (Fsp3) is 0. The molecule has 0 fully saturated rings. The molecular formula is C52H35NO. The lowest BCUT2D eigenvalue weighted by Crippen LogP contribution is -2.11. The van der Waals surface area contributed by atoms with E-state index in [1.807, 2.05) is 12.1 Å². The van der Waals surface area contributed by atoms with Gasteiger partial charge in [-0.2, -0.15) is 0 Å². The normalized spacial score (nSPS) is 11.3. The lowest BCUT2D eigenvalue weighted by Gasteiger charge is -2.29. The van der Waals surface area contributed by atoms with E-state index < -0.39 is 0 Å². The molecule has 2 nitrogen and oxygen atoms in total. The zero-order valence-electron chi connectivity index (χ0n) is 29.6. The van der Waals surface area contributed by atoms with Crippen molar-refractivity contribution < 1.29 is 4.42 Å². The highest BCUT2D eigenvalue weighted by Crippen LogP contribution is 2.46. The van der Waals surface area contributed by atoms with Crippen LogP contribution in [0.4, 0.5) is 17.1 Å². The van der Waals surface area contributed by atoms with Crippen LogP contribution in [0.5, 0.6) is 0 Å². The molecule has 254 valence electrons. The van der Waals surface area contributed by atoms with Gasteiger partial charge >= 0.3 is 0 Å². The first-order valence-corrected chi connectivity index (χ1v) is 18.4. The topological polar surface area (TPSA) is 16.4 Å². The van der Waals surface area contributed by atoms with E-state index in [9.17, 15) is 0 Å². The maximum absolute atomic E-state index is 6.25. The highest BCUT2D eigenvalue weighted by molar-refractivity contribution is 6.06. The van der Waals surface area contributed by atoms with E-state index in [1.165, 1.54) is 38.6 Å². The Bertz CT molecular complexity index is 2940. The lowest BCUT2D eigenvalue weighted by atomic mass is 9.88. The van der Waals surface area contributed by atoms with Crippen molar-refractivity contribution in [2.24, 2.45) is 0 Å². The van der Waals surface area contributed by atoms with Crippen molar-refractivity contribution in [3.8, 4) is 44.5 Å². The molecule has 0 unspecified atom stereocenters. The number of hydrogen-bond donors (Lipinski definition) is 0. The third-order valence-corrected chi connectivity index (χ3v) is 10.5. The van der Waals surface area contributed by atoms with Crippen molar-refractivity contribution in [1.29, 1.82) is 0 Å². The van der Waals surface area contributed by atoms with Crippen molar-refractivity contribution in [2.45, 2.75) is 0 Å². The van der Waals surface area contributed by atoms with Gasteiger partial charge in [0.15, 0.2) is 0 Å². The van der Waals surface area contributed by atoms with Gasteiger partial charge in [0.1, 0.15) is 11.2 Å². The molecule has 0 aliphatic rings. The molecule has 9 aromatic carbocycles. The first kappa shape index (κ1) is 31.6. The first-order valence-electron chi connectivity index (χ1n) is 18.4. The minimum absolute atomic E-state index is 0.900. The Morgan fingerprint density at radius 1 is 0.296 bits per heavy atom. The Balaban J connectivity index is 1.12. The van der Waals surface area contributed by atoms with Crippen LogP contribution in [-0.4, -0.2) is 0 Å². The van der Waals surface area contributed by atoms with Crippen LogP contribution in [0.1, 0.15) is 0 Å². The molecular weight excluding hydrogens is 655 g/mol. The van der Waals surface area contributed by atoms with Crippen LogP contribution in [0.25, 0.3) is 77.2 Å². The average molecular weight is 690 g/mol. The summed E-state index contributed by atoms with van der Waals surface area (Å²) >= 11 is 0. The number of anilines is 3. The predicted molar refractivity (Wildman–Crippen MR) is 228 cm³/mol. The van der Waals surface area contributed by atoms with Crippen LogP contribution in [0, 0.1) is 0 Å². The predicted octanol–water partition coefficient (Wildman–Crippen LogP) is 14.9. The molecule has 1 heterocycles. The van der Waals surface area contributed by atoms with Crippen LogP contribution in [0.3, 0.4) is 0 Å². The number of fused-ring (bicyclic) bond motifs is 4. The number of rotatable bonds is 7. The lowest BCUT2D eigenvalue weighted by molar-refractivity contribution is 0.669. The van der Waals surface area contributed by atoms with Gasteiger partial charge in [-0.05, 0) is 98.2 Å². The number of nitrogens with zero attached hydrogens (tertiary/aromatic N) is 1. The van der Waals surface area contributed by atoms with E-state index in [-0.39, 0.29) is 0 Å². The molecule has 0 saturated carbocycles. The molecule has 54 heavy (non-hydrogen) atoms. The Labute approximate surface area is 314 Å². The standard InChI is InChI=1S/C52H35NO/c1-2-15-38(16-3-1)43-18-6-7-19-44(43)45-20-8-9-21-46(45)47-22-10-12-24-50(47)53(42-32-28-36-14-4-5-17-39(36)34-42)41-30-26-37(27-31-41)40-29-33-49-48-23-11-13-25-51(48)54-52(49)35-40/h1-35H. The molecule has 0 N–H and O–H groups in total. The number of benzene rings is 9. The molecule has 0 amide bonds. The van der Waals surface area contributed by atoms with Gasteiger partial charge in [0.05, 0.1) is 5.69 Å². The molecule has 0 atom stereocenters. The van der Waals surface area contributed by atoms with Gasteiger partial charge in [0, 0.05) is 27.7 Å². The van der Waals surface area contributed by atoms with Crippen molar-refractivity contribution in [1.82, 2.24) is 0 Å². The van der Waals surface area contributed by atoms with Gasteiger partial charge in [-0.25, -0.2) is 0 Å². The summed E-state index contributed by atoms with van der Waals surface area (Å²) in [5.74, 6) is 0. The summed E-state index contributed by atoms with van der Waals surface area (Å²) in [7, 11) is 0.